The van der Waals surface area contributed by atoms with Gasteiger partial charge in [0, 0.05) is 54.9 Å². The Labute approximate surface area is 517 Å². The number of nitriles is 2. The molecule has 0 saturated carbocycles. The first-order chi connectivity index (χ1) is 44.5. The van der Waals surface area contributed by atoms with Crippen molar-refractivity contribution >= 4 is 43.6 Å². The lowest BCUT2D eigenvalue weighted by molar-refractivity contribution is 1.06. The van der Waals surface area contributed by atoms with Gasteiger partial charge in [-0.25, -0.2) is 29.9 Å². The summed E-state index contributed by atoms with van der Waals surface area (Å²) in [5.74, 6) is 3.19. The van der Waals surface area contributed by atoms with Gasteiger partial charge in [0.2, 0.25) is 0 Å². The van der Waals surface area contributed by atoms with Gasteiger partial charge in [0.15, 0.2) is 34.9 Å². The molecule has 0 radical (unpaired) electrons. The van der Waals surface area contributed by atoms with Crippen LogP contribution in [-0.4, -0.2) is 39.0 Å². The third-order valence-electron chi connectivity index (χ3n) is 16.7. The molecule has 0 unspecified atom stereocenters. The lowest BCUT2D eigenvalue weighted by Gasteiger charge is -2.18. The van der Waals surface area contributed by atoms with Gasteiger partial charge in [0.25, 0.3) is 0 Å². The van der Waals surface area contributed by atoms with Crippen molar-refractivity contribution < 1.29 is 0 Å². The Morgan fingerprint density at radius 2 is 0.500 bits per heavy atom. The summed E-state index contributed by atoms with van der Waals surface area (Å²) >= 11 is 0. The van der Waals surface area contributed by atoms with Crippen molar-refractivity contribution in [2.24, 2.45) is 0 Å². The zero-order valence-electron chi connectivity index (χ0n) is 48.2. The number of hydrogen-bond acceptors (Lipinski definition) is 8. The van der Waals surface area contributed by atoms with Gasteiger partial charge < -0.3 is 9.13 Å². The summed E-state index contributed by atoms with van der Waals surface area (Å²) in [5.41, 5.74) is 18.0. The van der Waals surface area contributed by atoms with Crippen LogP contribution in [0.4, 0.5) is 0 Å². The van der Waals surface area contributed by atoms with Crippen LogP contribution in [0.15, 0.2) is 291 Å². The van der Waals surface area contributed by atoms with E-state index < -0.39 is 0 Å². The topological polar surface area (TPSA) is 135 Å². The van der Waals surface area contributed by atoms with E-state index in [9.17, 15) is 10.5 Å². The Morgan fingerprint density at radius 3 is 0.844 bits per heavy atom. The molecule has 0 aliphatic heterocycles. The van der Waals surface area contributed by atoms with Crippen LogP contribution in [0.3, 0.4) is 0 Å². The van der Waals surface area contributed by atoms with Crippen LogP contribution in [-0.2, 0) is 0 Å². The van der Waals surface area contributed by atoms with Gasteiger partial charge in [-0.2, -0.15) is 10.5 Å². The second-order valence-corrected chi connectivity index (χ2v) is 22.1. The van der Waals surface area contributed by atoms with Crippen LogP contribution < -0.4 is 0 Å². The highest BCUT2D eigenvalue weighted by atomic mass is 15.1. The van der Waals surface area contributed by atoms with Crippen LogP contribution in [0, 0.1) is 22.7 Å². The van der Waals surface area contributed by atoms with Crippen molar-refractivity contribution in [2.45, 2.75) is 0 Å². The van der Waals surface area contributed by atoms with E-state index in [1.165, 1.54) is 0 Å². The van der Waals surface area contributed by atoms with E-state index in [0.29, 0.717) is 46.1 Å². The summed E-state index contributed by atoms with van der Waals surface area (Å²) in [6.45, 7) is 0. The quantitative estimate of drug-likeness (QED) is 0.125. The molecular weight excluding hydrogens is 1100 g/mol. The minimum Gasteiger partial charge on any atom is -0.309 e. The van der Waals surface area contributed by atoms with E-state index in [0.717, 1.165) is 122 Å². The molecule has 418 valence electrons. The normalized spacial score (nSPS) is 11.3. The SMILES string of the molecule is N#Cc1ccc(-c2ccc3c(c2)c2ccccc2n3-c2ccc(-c3ccc(-n4c5ccccc5c5cc(-c6ccc(C#N)cc6)ccc54)c(-c4nc(-c5ccccc5)nc(-c5ccccc5)n4)c3)cc2-c2nc(-c3ccccc3)nc(-c3ccccc3)n2)cc1. The summed E-state index contributed by atoms with van der Waals surface area (Å²) in [4.78, 5) is 31.9. The van der Waals surface area contributed by atoms with E-state index in [-0.39, 0.29) is 0 Å². The van der Waals surface area contributed by atoms with E-state index in [1.807, 2.05) is 170 Å². The Morgan fingerprint density at radius 1 is 0.222 bits per heavy atom. The first-order valence-corrected chi connectivity index (χ1v) is 29.6. The Balaban J connectivity index is 0.957. The number of nitrogens with zero attached hydrogens (tertiary/aromatic N) is 10. The van der Waals surface area contributed by atoms with Crippen LogP contribution in [0.1, 0.15) is 11.1 Å². The van der Waals surface area contributed by atoms with Crippen molar-refractivity contribution in [3.63, 3.8) is 0 Å². The predicted molar refractivity (Wildman–Crippen MR) is 360 cm³/mol. The largest absolute Gasteiger partial charge is 0.309 e. The lowest BCUT2D eigenvalue weighted by atomic mass is 9.97. The maximum atomic E-state index is 9.63. The first kappa shape index (κ1) is 52.8. The van der Waals surface area contributed by atoms with E-state index in [4.69, 9.17) is 29.9 Å². The van der Waals surface area contributed by atoms with Gasteiger partial charge in [0.05, 0.1) is 56.7 Å². The van der Waals surface area contributed by atoms with Crippen molar-refractivity contribution in [2.75, 3.05) is 0 Å². The van der Waals surface area contributed by atoms with E-state index in [2.05, 4.69) is 143 Å². The lowest BCUT2D eigenvalue weighted by Crippen LogP contribution is -2.05. The van der Waals surface area contributed by atoms with Crippen LogP contribution in [0.2, 0.25) is 0 Å². The van der Waals surface area contributed by atoms with Gasteiger partial charge in [0.1, 0.15) is 0 Å². The van der Waals surface area contributed by atoms with E-state index >= 15 is 0 Å². The molecule has 0 fully saturated rings. The summed E-state index contributed by atoms with van der Waals surface area (Å²) in [5, 5.41) is 23.6. The summed E-state index contributed by atoms with van der Waals surface area (Å²) < 4.78 is 4.65. The van der Waals surface area contributed by atoms with Gasteiger partial charge in [-0.3, -0.25) is 0 Å². The van der Waals surface area contributed by atoms with Gasteiger partial charge in [-0.1, -0.05) is 206 Å². The van der Waals surface area contributed by atoms with Crippen LogP contribution in [0.5, 0.6) is 0 Å². The molecule has 0 spiro atoms. The molecule has 4 heterocycles. The molecule has 0 N–H and O–H groups in total. The fourth-order valence-electron chi connectivity index (χ4n) is 12.3. The number of benzene rings is 12. The number of aromatic nitrogens is 8. The standard InChI is InChI=1S/C80H48N10/c81-49-51-29-33-53(34-30-51)59-37-41-71-65(45-59)63-25-13-15-27-69(63)89(71)73-43-39-61(47-67(73)79-85-75(55-17-5-1-6-18-55)83-76(86-79)56-19-7-2-8-20-56)62-40-44-74(68(48-62)80-87-77(57-21-9-3-10-22-57)84-78(88-80)58-23-11-4-12-24-58)90-70-28-16-14-26-64(70)66-46-60(38-42-72(66)90)54-35-31-52(50-82)32-36-54/h1-48H. The zero-order valence-corrected chi connectivity index (χ0v) is 48.2. The molecule has 16 rings (SSSR count). The summed E-state index contributed by atoms with van der Waals surface area (Å²) in [6.07, 6.45) is 0. The molecular formula is C80H48N10. The number of para-hydroxylation sites is 2. The Bertz CT molecular complexity index is 5070. The molecule has 4 aromatic heterocycles. The minimum absolute atomic E-state index is 0.500. The van der Waals surface area contributed by atoms with Crippen molar-refractivity contribution in [1.29, 1.82) is 10.5 Å². The van der Waals surface area contributed by atoms with Crippen LogP contribution >= 0.6 is 0 Å². The van der Waals surface area contributed by atoms with Gasteiger partial charge in [-0.15, -0.1) is 0 Å². The number of hydrogen-bond donors (Lipinski definition) is 0. The number of rotatable bonds is 11. The highest BCUT2D eigenvalue weighted by Crippen LogP contribution is 2.43. The molecule has 10 nitrogen and oxygen atoms in total. The van der Waals surface area contributed by atoms with Gasteiger partial charge >= 0.3 is 0 Å². The summed E-state index contributed by atoms with van der Waals surface area (Å²) in [7, 11) is 0. The Kier molecular flexibility index (Phi) is 13.1. The van der Waals surface area contributed by atoms with Crippen molar-refractivity contribution in [1.82, 2.24) is 39.0 Å². The third-order valence-corrected chi connectivity index (χ3v) is 16.7. The summed E-state index contributed by atoms with van der Waals surface area (Å²) in [6, 6.07) is 104. The highest BCUT2D eigenvalue weighted by molar-refractivity contribution is 6.12. The molecule has 0 saturated heterocycles. The maximum absolute atomic E-state index is 9.63. The first-order valence-electron chi connectivity index (χ1n) is 29.6. The predicted octanol–water partition coefficient (Wildman–Crippen LogP) is 19.0. The molecule has 16 aromatic rings. The molecule has 12 aromatic carbocycles. The third kappa shape index (κ3) is 9.47. The fraction of sp³-hybridized carbons (Fsp3) is 0. The van der Waals surface area contributed by atoms with Crippen molar-refractivity contribution in [3.05, 3.63) is 302 Å². The Hall–Kier alpha value is -12.8. The minimum atomic E-state index is 0.500. The second kappa shape index (κ2) is 22.3. The molecule has 10 heteroatoms. The molecule has 0 atom stereocenters. The molecule has 0 aliphatic rings. The smallest absolute Gasteiger partial charge is 0.166 e. The fourth-order valence-corrected chi connectivity index (χ4v) is 12.3. The van der Waals surface area contributed by atoms with Crippen LogP contribution in [0.25, 0.3) is 157 Å². The maximum Gasteiger partial charge on any atom is 0.166 e. The second-order valence-electron chi connectivity index (χ2n) is 22.1. The van der Waals surface area contributed by atoms with Gasteiger partial charge in [-0.05, 0) is 118 Å². The molecule has 90 heavy (non-hydrogen) atoms. The average Bonchev–Trinajstić information content (AvgIpc) is 1.57. The number of fused-ring (bicyclic) bond motifs is 6. The van der Waals surface area contributed by atoms with Crippen molar-refractivity contribution in [3.8, 4) is 125 Å². The zero-order chi connectivity index (χ0) is 60.1. The van der Waals surface area contributed by atoms with E-state index in [1.54, 1.807) is 0 Å². The molecule has 0 aliphatic carbocycles. The molecule has 0 bridgehead atoms. The monoisotopic (exact) mass is 1150 g/mol. The highest BCUT2D eigenvalue weighted by Gasteiger charge is 2.24. The average molecular weight is 1150 g/mol. The molecule has 0 amide bonds.